The maximum Gasteiger partial charge on any atom is 0.338 e. The van der Waals surface area contributed by atoms with Crippen molar-refractivity contribution in [3.8, 4) is 11.1 Å². The van der Waals surface area contributed by atoms with Gasteiger partial charge in [0.15, 0.2) is 0 Å². The van der Waals surface area contributed by atoms with Crippen molar-refractivity contribution in [3.63, 3.8) is 0 Å². The first-order valence-electron chi connectivity index (χ1n) is 8.16. The summed E-state index contributed by atoms with van der Waals surface area (Å²) in [6.45, 7) is 0. The van der Waals surface area contributed by atoms with Crippen LogP contribution in [0.1, 0.15) is 20.7 Å². The SMILES string of the molecule is O=C(Nc1c(C(=O)O)ccc(-c2ccccc2)c1[N+](=O)[O-])c1ccc(Cl)cc1Cl. The molecule has 0 aromatic heterocycles. The Kier molecular flexibility index (Phi) is 5.81. The topological polar surface area (TPSA) is 110 Å². The van der Waals surface area contributed by atoms with Gasteiger partial charge in [0.05, 0.1) is 26.6 Å². The van der Waals surface area contributed by atoms with Crippen molar-refractivity contribution in [3.05, 3.63) is 92.0 Å². The fourth-order valence-electron chi connectivity index (χ4n) is 2.79. The number of carbonyl (C=O) groups is 2. The number of hydrogen-bond acceptors (Lipinski definition) is 4. The number of nitro groups is 1. The van der Waals surface area contributed by atoms with Gasteiger partial charge in [0.25, 0.3) is 5.91 Å². The molecule has 0 atom stereocenters. The van der Waals surface area contributed by atoms with E-state index in [2.05, 4.69) is 5.32 Å². The van der Waals surface area contributed by atoms with Gasteiger partial charge in [-0.2, -0.15) is 0 Å². The number of hydrogen-bond donors (Lipinski definition) is 2. The molecule has 0 spiro atoms. The van der Waals surface area contributed by atoms with E-state index in [1.165, 1.54) is 30.3 Å². The Hall–Kier alpha value is -3.42. The number of carbonyl (C=O) groups excluding carboxylic acids is 1. The van der Waals surface area contributed by atoms with Crippen LogP contribution < -0.4 is 5.32 Å². The van der Waals surface area contributed by atoms with Crippen LogP contribution in [0, 0.1) is 10.1 Å². The smallest absolute Gasteiger partial charge is 0.338 e. The third kappa shape index (κ3) is 4.21. The normalized spacial score (nSPS) is 10.4. The number of nitrogens with zero attached hydrogens (tertiary/aromatic N) is 1. The van der Waals surface area contributed by atoms with Gasteiger partial charge in [0.1, 0.15) is 5.69 Å². The lowest BCUT2D eigenvalue weighted by Crippen LogP contribution is -2.17. The summed E-state index contributed by atoms with van der Waals surface area (Å²) in [5.41, 5.74) is -0.731. The van der Waals surface area contributed by atoms with E-state index in [9.17, 15) is 24.8 Å². The van der Waals surface area contributed by atoms with Crippen LogP contribution in [0.3, 0.4) is 0 Å². The Bertz CT molecular complexity index is 1130. The molecule has 0 bridgehead atoms. The van der Waals surface area contributed by atoms with E-state index in [0.717, 1.165) is 0 Å². The maximum atomic E-state index is 12.7. The van der Waals surface area contributed by atoms with Gasteiger partial charge < -0.3 is 10.4 Å². The fraction of sp³-hybridized carbons (Fsp3) is 0. The molecule has 3 rings (SSSR count). The third-order valence-electron chi connectivity index (χ3n) is 4.09. The van der Waals surface area contributed by atoms with Gasteiger partial charge >= 0.3 is 11.7 Å². The molecule has 146 valence electrons. The van der Waals surface area contributed by atoms with Gasteiger partial charge in [-0.05, 0) is 35.9 Å². The van der Waals surface area contributed by atoms with E-state index in [4.69, 9.17) is 23.2 Å². The second kappa shape index (κ2) is 8.30. The van der Waals surface area contributed by atoms with Crippen molar-refractivity contribution in [1.29, 1.82) is 0 Å². The van der Waals surface area contributed by atoms with Crippen molar-refractivity contribution >= 4 is 46.5 Å². The molecule has 0 unspecified atom stereocenters. The van der Waals surface area contributed by atoms with Crippen LogP contribution in [0.5, 0.6) is 0 Å². The van der Waals surface area contributed by atoms with Gasteiger partial charge in [0.2, 0.25) is 0 Å². The quantitative estimate of drug-likeness (QED) is 0.408. The molecule has 0 aliphatic rings. The summed E-state index contributed by atoms with van der Waals surface area (Å²) in [6.07, 6.45) is 0. The largest absolute Gasteiger partial charge is 0.478 e. The highest BCUT2D eigenvalue weighted by molar-refractivity contribution is 6.37. The molecule has 0 radical (unpaired) electrons. The zero-order chi connectivity index (χ0) is 21.1. The first kappa shape index (κ1) is 20.3. The van der Waals surface area contributed by atoms with Crippen LogP contribution >= 0.6 is 23.2 Å². The Morgan fingerprint density at radius 1 is 0.966 bits per heavy atom. The number of nitrogens with one attached hydrogen (secondary N) is 1. The first-order chi connectivity index (χ1) is 13.8. The number of halogens is 2. The summed E-state index contributed by atoms with van der Waals surface area (Å²) in [7, 11) is 0. The first-order valence-corrected chi connectivity index (χ1v) is 8.91. The van der Waals surface area contributed by atoms with Gasteiger partial charge in [-0.1, -0.05) is 53.5 Å². The monoisotopic (exact) mass is 430 g/mol. The molecular weight excluding hydrogens is 419 g/mol. The molecule has 2 N–H and O–H groups in total. The summed E-state index contributed by atoms with van der Waals surface area (Å²) in [4.78, 5) is 35.5. The van der Waals surface area contributed by atoms with E-state index < -0.39 is 33.7 Å². The van der Waals surface area contributed by atoms with Crippen LogP contribution in [0.25, 0.3) is 11.1 Å². The maximum absolute atomic E-state index is 12.7. The molecule has 1 amide bonds. The second-order valence-corrected chi connectivity index (χ2v) is 6.73. The number of amides is 1. The van der Waals surface area contributed by atoms with Crippen LogP contribution in [-0.4, -0.2) is 21.9 Å². The molecule has 0 aliphatic heterocycles. The van der Waals surface area contributed by atoms with Gasteiger partial charge in [0, 0.05) is 5.02 Å². The Labute approximate surface area is 174 Å². The minimum absolute atomic E-state index is 0.00758. The van der Waals surface area contributed by atoms with Crippen LogP contribution in [0.2, 0.25) is 10.0 Å². The lowest BCUT2D eigenvalue weighted by Gasteiger charge is -2.13. The molecule has 0 fully saturated rings. The molecule has 0 heterocycles. The Morgan fingerprint density at radius 3 is 2.21 bits per heavy atom. The molecule has 0 aliphatic carbocycles. The summed E-state index contributed by atoms with van der Waals surface area (Å²) in [6, 6.07) is 15.1. The number of aromatic carboxylic acids is 1. The highest BCUT2D eigenvalue weighted by Crippen LogP contribution is 2.39. The third-order valence-corrected chi connectivity index (χ3v) is 4.64. The Morgan fingerprint density at radius 2 is 1.62 bits per heavy atom. The zero-order valence-corrected chi connectivity index (χ0v) is 16.1. The highest BCUT2D eigenvalue weighted by Gasteiger charge is 2.29. The van der Waals surface area contributed by atoms with Crippen molar-refractivity contribution in [2.75, 3.05) is 5.32 Å². The summed E-state index contributed by atoms with van der Waals surface area (Å²) >= 11 is 11.8. The molecule has 3 aromatic carbocycles. The molecular formula is C20H12Cl2N2O5. The molecule has 0 saturated heterocycles. The number of anilines is 1. The van der Waals surface area contributed by atoms with Crippen LogP contribution in [0.15, 0.2) is 60.7 Å². The Balaban J connectivity index is 2.18. The second-order valence-electron chi connectivity index (χ2n) is 5.89. The van der Waals surface area contributed by atoms with Crippen LogP contribution in [-0.2, 0) is 0 Å². The van der Waals surface area contributed by atoms with Crippen molar-refractivity contribution < 1.29 is 19.6 Å². The van der Waals surface area contributed by atoms with Gasteiger partial charge in [-0.3, -0.25) is 14.9 Å². The molecule has 0 saturated carbocycles. The lowest BCUT2D eigenvalue weighted by atomic mass is 9.99. The van der Waals surface area contributed by atoms with Crippen molar-refractivity contribution in [2.24, 2.45) is 0 Å². The van der Waals surface area contributed by atoms with E-state index in [0.29, 0.717) is 10.6 Å². The van der Waals surface area contributed by atoms with Gasteiger partial charge in [-0.15, -0.1) is 0 Å². The standard InChI is InChI=1S/C20H12Cl2N2O5/c21-12-6-7-14(16(22)10-12)19(25)23-17-15(20(26)27)9-8-13(18(17)24(28)29)11-4-2-1-3-5-11/h1-10H,(H,23,25)(H,26,27). The predicted octanol–water partition coefficient (Wildman–Crippen LogP) is 5.52. The van der Waals surface area contributed by atoms with Crippen LogP contribution in [0.4, 0.5) is 11.4 Å². The van der Waals surface area contributed by atoms with Crippen molar-refractivity contribution in [2.45, 2.75) is 0 Å². The highest BCUT2D eigenvalue weighted by atomic mass is 35.5. The predicted molar refractivity (Wildman–Crippen MR) is 110 cm³/mol. The molecule has 3 aromatic rings. The average Bonchev–Trinajstić information content (AvgIpc) is 2.67. The van der Waals surface area contributed by atoms with E-state index in [-0.39, 0.29) is 16.1 Å². The van der Waals surface area contributed by atoms with E-state index >= 15 is 0 Å². The average molecular weight is 431 g/mol. The molecule has 29 heavy (non-hydrogen) atoms. The molecule has 9 heteroatoms. The van der Waals surface area contributed by atoms with Gasteiger partial charge in [-0.25, -0.2) is 4.79 Å². The fourth-order valence-corrected chi connectivity index (χ4v) is 3.29. The number of rotatable bonds is 5. The van der Waals surface area contributed by atoms with E-state index in [1.54, 1.807) is 30.3 Å². The summed E-state index contributed by atoms with van der Waals surface area (Å²) in [5.74, 6) is -2.23. The number of nitro benzene ring substituents is 1. The molecule has 7 nitrogen and oxygen atoms in total. The summed E-state index contributed by atoms with van der Waals surface area (Å²) in [5, 5.41) is 24.0. The zero-order valence-electron chi connectivity index (χ0n) is 14.6. The number of benzene rings is 3. The number of carboxylic acids is 1. The minimum Gasteiger partial charge on any atom is -0.478 e. The summed E-state index contributed by atoms with van der Waals surface area (Å²) < 4.78 is 0. The minimum atomic E-state index is -1.43. The lowest BCUT2D eigenvalue weighted by molar-refractivity contribution is -0.383. The van der Waals surface area contributed by atoms with Crippen molar-refractivity contribution in [1.82, 2.24) is 0 Å². The number of carboxylic acid groups (broad SMARTS) is 1. The van der Waals surface area contributed by atoms with E-state index in [1.807, 2.05) is 0 Å².